The van der Waals surface area contributed by atoms with Crippen LogP contribution in [0.15, 0.2) is 70.7 Å². The number of rotatable bonds is 2. The summed E-state index contributed by atoms with van der Waals surface area (Å²) in [6, 6.07) is 17.7. The second-order valence-electron chi connectivity index (χ2n) is 9.96. The first-order chi connectivity index (χ1) is 14.1. The Morgan fingerprint density at radius 2 is 0.800 bits per heavy atom. The zero-order chi connectivity index (χ0) is 22.1. The lowest BCUT2D eigenvalue weighted by atomic mass is 9.82. The quantitative estimate of drug-likeness (QED) is 0.491. The van der Waals surface area contributed by atoms with E-state index in [2.05, 4.69) is 112 Å². The van der Waals surface area contributed by atoms with Crippen LogP contribution in [0.2, 0.25) is 0 Å². The third-order valence-corrected chi connectivity index (χ3v) is 5.72. The topological polar surface area (TPSA) is 24.7 Å². The van der Waals surface area contributed by atoms with Crippen molar-refractivity contribution in [2.45, 2.75) is 52.4 Å². The highest BCUT2D eigenvalue weighted by atomic mass is 14.8. The van der Waals surface area contributed by atoms with Crippen LogP contribution in [0, 0.1) is 0 Å². The van der Waals surface area contributed by atoms with Gasteiger partial charge in [0.15, 0.2) is 0 Å². The Hall–Kier alpha value is -2.74. The Morgan fingerprint density at radius 3 is 1.03 bits per heavy atom. The zero-order valence-electron chi connectivity index (χ0n) is 19.7. The van der Waals surface area contributed by atoms with E-state index in [1.807, 2.05) is 14.1 Å². The molecule has 0 saturated heterocycles. The first kappa shape index (κ1) is 22.0. The highest BCUT2D eigenvalue weighted by molar-refractivity contribution is 6.69. The molecule has 156 valence electrons. The van der Waals surface area contributed by atoms with Crippen LogP contribution in [0.4, 0.5) is 0 Å². The van der Waals surface area contributed by atoms with Gasteiger partial charge in [-0.05, 0) is 33.1 Å². The smallest absolute Gasteiger partial charge is 0.0907 e. The van der Waals surface area contributed by atoms with Crippen molar-refractivity contribution in [2.75, 3.05) is 14.1 Å². The van der Waals surface area contributed by atoms with Gasteiger partial charge in [-0.3, -0.25) is 9.98 Å². The molecular formula is C28H34N2. The lowest BCUT2D eigenvalue weighted by Gasteiger charge is -2.23. The molecule has 2 heteroatoms. The monoisotopic (exact) mass is 398 g/mol. The molecular weight excluding hydrogens is 364 g/mol. The van der Waals surface area contributed by atoms with Gasteiger partial charge in [-0.1, -0.05) is 102 Å². The van der Waals surface area contributed by atoms with Crippen molar-refractivity contribution in [3.63, 3.8) is 0 Å². The van der Waals surface area contributed by atoms with E-state index in [1.165, 1.54) is 22.3 Å². The molecule has 0 fully saturated rings. The molecule has 0 aromatic heterocycles. The minimum atomic E-state index is 0.142. The van der Waals surface area contributed by atoms with Crippen LogP contribution in [0.3, 0.4) is 0 Å². The molecule has 30 heavy (non-hydrogen) atoms. The zero-order valence-corrected chi connectivity index (χ0v) is 19.7. The van der Waals surface area contributed by atoms with Gasteiger partial charge in [0.1, 0.15) is 0 Å². The molecule has 2 aromatic carbocycles. The first-order valence-electron chi connectivity index (χ1n) is 10.6. The van der Waals surface area contributed by atoms with E-state index in [0.717, 1.165) is 22.6 Å². The van der Waals surface area contributed by atoms with E-state index < -0.39 is 0 Å². The van der Waals surface area contributed by atoms with Crippen LogP contribution < -0.4 is 0 Å². The standard InChI is InChI=1S/C28H34N2/c1-27(2,3)21-13-9-19(10-14-21)23-17-18-24(26(30-8)25(23)29-7)20-11-15-22(16-12-20)28(4,5)6/h9-18H,1-8H3. The number of benzene rings is 2. The van der Waals surface area contributed by atoms with Crippen molar-refractivity contribution in [2.24, 2.45) is 9.98 Å². The highest BCUT2D eigenvalue weighted by Gasteiger charge is 2.24. The number of aliphatic imine (C=N–C) groups is 2. The Kier molecular flexibility index (Phi) is 5.99. The fourth-order valence-electron chi connectivity index (χ4n) is 3.80. The van der Waals surface area contributed by atoms with Gasteiger partial charge in [0.2, 0.25) is 0 Å². The molecule has 0 bridgehead atoms. The minimum Gasteiger partial charge on any atom is -0.286 e. The lowest BCUT2D eigenvalue weighted by Crippen LogP contribution is -2.21. The van der Waals surface area contributed by atoms with Crippen molar-refractivity contribution in [3.8, 4) is 0 Å². The molecule has 3 rings (SSSR count). The maximum atomic E-state index is 4.64. The van der Waals surface area contributed by atoms with E-state index >= 15 is 0 Å². The maximum absolute atomic E-state index is 4.64. The predicted octanol–water partition coefficient (Wildman–Crippen LogP) is 6.90. The second-order valence-corrected chi connectivity index (χ2v) is 9.96. The average Bonchev–Trinajstić information content (AvgIpc) is 2.71. The van der Waals surface area contributed by atoms with Gasteiger partial charge >= 0.3 is 0 Å². The molecule has 0 heterocycles. The van der Waals surface area contributed by atoms with Gasteiger partial charge in [-0.2, -0.15) is 0 Å². The summed E-state index contributed by atoms with van der Waals surface area (Å²) in [7, 11) is 3.70. The van der Waals surface area contributed by atoms with E-state index in [0.29, 0.717) is 0 Å². The second kappa shape index (κ2) is 8.18. The van der Waals surface area contributed by atoms with Gasteiger partial charge in [0.25, 0.3) is 0 Å². The third-order valence-electron chi connectivity index (χ3n) is 5.72. The van der Waals surface area contributed by atoms with Gasteiger partial charge in [0.05, 0.1) is 11.4 Å². The maximum Gasteiger partial charge on any atom is 0.0907 e. The molecule has 0 spiro atoms. The number of nitrogens with zero attached hydrogens (tertiary/aromatic N) is 2. The third kappa shape index (κ3) is 4.38. The van der Waals surface area contributed by atoms with Gasteiger partial charge in [-0.15, -0.1) is 0 Å². The summed E-state index contributed by atoms with van der Waals surface area (Å²) >= 11 is 0. The van der Waals surface area contributed by atoms with E-state index in [1.54, 1.807) is 0 Å². The summed E-state index contributed by atoms with van der Waals surface area (Å²) in [4.78, 5) is 9.28. The van der Waals surface area contributed by atoms with Crippen molar-refractivity contribution < 1.29 is 0 Å². The normalized spacial score (nSPS) is 17.9. The van der Waals surface area contributed by atoms with E-state index in [-0.39, 0.29) is 10.8 Å². The van der Waals surface area contributed by atoms with Gasteiger partial charge < -0.3 is 0 Å². The SMILES string of the molecule is CN=C1C(c2ccc(C(C)(C)C)cc2)=CC=C(c2ccc(C(C)(C)C)cc2)C1=NC. The lowest BCUT2D eigenvalue weighted by molar-refractivity contribution is 0.590. The molecule has 0 unspecified atom stereocenters. The molecule has 1 aliphatic rings. The molecule has 2 nitrogen and oxygen atoms in total. The number of allylic oxidation sites excluding steroid dienone is 4. The molecule has 0 radical (unpaired) electrons. The fourth-order valence-corrected chi connectivity index (χ4v) is 3.80. The molecule has 0 N–H and O–H groups in total. The van der Waals surface area contributed by atoms with Crippen molar-refractivity contribution in [1.29, 1.82) is 0 Å². The Balaban J connectivity index is 2.04. The largest absolute Gasteiger partial charge is 0.286 e. The summed E-state index contributed by atoms with van der Waals surface area (Å²) in [5, 5.41) is 0. The van der Waals surface area contributed by atoms with Crippen molar-refractivity contribution in [1.82, 2.24) is 0 Å². The summed E-state index contributed by atoms with van der Waals surface area (Å²) in [5.41, 5.74) is 9.41. The van der Waals surface area contributed by atoms with Crippen LogP contribution in [0.25, 0.3) is 11.1 Å². The Morgan fingerprint density at radius 1 is 0.500 bits per heavy atom. The molecule has 2 aromatic rings. The average molecular weight is 399 g/mol. The molecule has 0 saturated carbocycles. The van der Waals surface area contributed by atoms with Crippen LogP contribution in [-0.4, -0.2) is 25.5 Å². The summed E-state index contributed by atoms with van der Waals surface area (Å²) in [6.45, 7) is 13.4. The summed E-state index contributed by atoms with van der Waals surface area (Å²) < 4.78 is 0. The van der Waals surface area contributed by atoms with Crippen LogP contribution >= 0.6 is 0 Å². The van der Waals surface area contributed by atoms with Crippen molar-refractivity contribution >= 4 is 22.6 Å². The molecule has 1 aliphatic carbocycles. The first-order valence-corrected chi connectivity index (χ1v) is 10.6. The summed E-state index contributed by atoms with van der Waals surface area (Å²) in [6.07, 6.45) is 4.35. The Labute approximate surface area is 182 Å². The van der Waals surface area contributed by atoms with Gasteiger partial charge in [0, 0.05) is 25.2 Å². The molecule has 0 aliphatic heterocycles. The van der Waals surface area contributed by atoms with Crippen molar-refractivity contribution in [3.05, 3.63) is 82.9 Å². The van der Waals surface area contributed by atoms with Crippen LogP contribution in [0.1, 0.15) is 63.8 Å². The number of hydrogen-bond donors (Lipinski definition) is 0. The van der Waals surface area contributed by atoms with Crippen LogP contribution in [0.5, 0.6) is 0 Å². The predicted molar refractivity (Wildman–Crippen MR) is 133 cm³/mol. The fraction of sp³-hybridized carbons (Fsp3) is 0.357. The summed E-state index contributed by atoms with van der Waals surface area (Å²) in [5.74, 6) is 0. The van der Waals surface area contributed by atoms with Gasteiger partial charge in [-0.25, -0.2) is 0 Å². The molecule has 0 atom stereocenters. The Bertz CT molecular complexity index is 942. The minimum absolute atomic E-state index is 0.142. The van der Waals surface area contributed by atoms with Crippen LogP contribution in [-0.2, 0) is 10.8 Å². The van der Waals surface area contributed by atoms with E-state index in [4.69, 9.17) is 0 Å². The molecule has 0 amide bonds. The highest BCUT2D eigenvalue weighted by Crippen LogP contribution is 2.31. The number of hydrogen-bond acceptors (Lipinski definition) is 2. The van der Waals surface area contributed by atoms with E-state index in [9.17, 15) is 0 Å².